The molecule has 158 valence electrons. The molecule has 0 rings (SSSR count). The van der Waals surface area contributed by atoms with Gasteiger partial charge in [-0.3, -0.25) is 4.18 Å². The van der Waals surface area contributed by atoms with Crippen LogP contribution < -0.4 is 0 Å². The summed E-state index contributed by atoms with van der Waals surface area (Å²) in [5, 5.41) is -7.26. The fraction of sp³-hybridized carbons (Fsp3) is 1.00. The van der Waals surface area contributed by atoms with Gasteiger partial charge in [0, 0.05) is 6.42 Å². The van der Waals surface area contributed by atoms with Crippen LogP contribution in [0.2, 0.25) is 0 Å². The minimum atomic E-state index is -7.63. The topological polar surface area (TPSA) is 43.4 Å². The molecule has 0 unspecified atom stereocenters. The summed E-state index contributed by atoms with van der Waals surface area (Å²) in [4.78, 5) is -5.04. The van der Waals surface area contributed by atoms with Crippen molar-refractivity contribution in [3.05, 3.63) is 0 Å². The van der Waals surface area contributed by atoms with Crippen LogP contribution in [0.15, 0.2) is 0 Å². The van der Waals surface area contributed by atoms with Gasteiger partial charge in [-0.1, -0.05) is 0 Å². The quantitative estimate of drug-likeness (QED) is 0.270. The van der Waals surface area contributed by atoms with E-state index in [1.807, 2.05) is 0 Å². The van der Waals surface area contributed by atoms with Gasteiger partial charge in [0.1, 0.15) is 0 Å². The van der Waals surface area contributed by atoms with E-state index in [4.69, 9.17) is 0 Å². The molecule has 0 aliphatic carbocycles. The molecule has 0 aromatic rings. The Balaban J connectivity index is 5.59. The summed E-state index contributed by atoms with van der Waals surface area (Å²) < 4.78 is 187. The lowest BCUT2D eigenvalue weighted by atomic mass is 10.1. The number of hydrogen-bond acceptors (Lipinski definition) is 3. The van der Waals surface area contributed by atoms with Gasteiger partial charge in [-0.05, 0) is 15.9 Å². The lowest BCUT2D eigenvalue weighted by molar-refractivity contribution is -0.382. The molecule has 0 radical (unpaired) electrons. The summed E-state index contributed by atoms with van der Waals surface area (Å²) in [6.45, 7) is -2.38. The van der Waals surface area contributed by atoms with Crippen molar-refractivity contribution in [2.75, 3.05) is 6.61 Å². The Morgan fingerprint density at radius 3 is 1.42 bits per heavy atom. The van der Waals surface area contributed by atoms with Gasteiger partial charge in [0.2, 0.25) is 0 Å². The van der Waals surface area contributed by atoms with E-state index in [2.05, 4.69) is 4.18 Å². The molecule has 0 spiro atoms. The monoisotopic (exact) mass is 506 g/mol. The third-order valence-corrected chi connectivity index (χ3v) is 4.44. The molecular weight excluding hydrogens is 503 g/mol. The van der Waals surface area contributed by atoms with Gasteiger partial charge in [0.25, 0.3) is 0 Å². The van der Waals surface area contributed by atoms with E-state index in [1.165, 1.54) is 0 Å². The lowest BCUT2D eigenvalue weighted by Crippen LogP contribution is -2.63. The van der Waals surface area contributed by atoms with Crippen LogP contribution >= 0.6 is 15.9 Å². The van der Waals surface area contributed by atoms with Crippen LogP contribution in [0, 0.1) is 0 Å². The molecule has 0 bridgehead atoms. The fourth-order valence-corrected chi connectivity index (χ4v) is 2.10. The molecule has 0 amide bonds. The summed E-state index contributed by atoms with van der Waals surface area (Å²) in [6.07, 6.45) is -9.75. The van der Waals surface area contributed by atoms with Crippen LogP contribution in [0.3, 0.4) is 0 Å². The maximum atomic E-state index is 13.1. The van der Waals surface area contributed by atoms with Gasteiger partial charge in [-0.2, -0.15) is 65.5 Å². The number of alkyl halides is 14. The highest BCUT2D eigenvalue weighted by Crippen LogP contribution is 2.55. The van der Waals surface area contributed by atoms with Gasteiger partial charge in [0.05, 0.1) is 6.61 Å². The van der Waals surface area contributed by atoms with Crippen LogP contribution in [-0.4, -0.2) is 49.1 Å². The summed E-state index contributed by atoms with van der Waals surface area (Å²) in [7, 11) is -7.39. The van der Waals surface area contributed by atoms with Gasteiger partial charge in [-0.25, -0.2) is 0 Å². The first-order chi connectivity index (χ1) is 11.0. The summed E-state index contributed by atoms with van der Waals surface area (Å²) in [5.74, 6) is -20.4. The van der Waals surface area contributed by atoms with E-state index < -0.39 is 57.2 Å². The lowest BCUT2D eigenvalue weighted by Gasteiger charge is -2.32. The molecule has 18 heteroatoms. The fourth-order valence-electron chi connectivity index (χ4n) is 1.01. The van der Waals surface area contributed by atoms with Crippen LogP contribution in [0.4, 0.5) is 57.1 Å². The SMILES string of the molecule is O=S(=O)(OCCC(F)(F)C(F)(F)Br)C(F)(F)C(F)(F)C(F)(F)C(F)(F)F. The van der Waals surface area contributed by atoms with Crippen molar-refractivity contribution >= 4 is 26.0 Å². The molecule has 0 aromatic heterocycles. The average molecular weight is 507 g/mol. The number of rotatable bonds is 8. The Hall–Kier alpha value is -0.520. The Morgan fingerprint density at radius 1 is 0.731 bits per heavy atom. The minimum absolute atomic E-state index is 1.12. The van der Waals surface area contributed by atoms with Crippen LogP contribution in [0.5, 0.6) is 0 Å². The highest BCUT2D eigenvalue weighted by molar-refractivity contribution is 9.10. The van der Waals surface area contributed by atoms with Crippen molar-refractivity contribution < 1.29 is 69.7 Å². The van der Waals surface area contributed by atoms with E-state index in [1.54, 1.807) is 0 Å². The predicted molar refractivity (Wildman–Crippen MR) is 59.2 cm³/mol. The van der Waals surface area contributed by atoms with Crippen LogP contribution in [0.25, 0.3) is 0 Å². The molecule has 26 heavy (non-hydrogen) atoms. The number of hydrogen-bond donors (Lipinski definition) is 0. The minimum Gasteiger partial charge on any atom is -0.265 e. The molecular formula is C8H4BrF13O3S. The Kier molecular flexibility index (Phi) is 6.69. The second-order valence-corrected chi connectivity index (χ2v) is 7.04. The van der Waals surface area contributed by atoms with E-state index >= 15 is 0 Å². The second kappa shape index (κ2) is 6.82. The molecule has 0 fully saturated rings. The molecule has 0 saturated heterocycles. The molecule has 0 N–H and O–H groups in total. The molecule has 0 saturated carbocycles. The zero-order valence-corrected chi connectivity index (χ0v) is 13.7. The van der Waals surface area contributed by atoms with Gasteiger partial charge in [0.15, 0.2) is 0 Å². The van der Waals surface area contributed by atoms with E-state index in [-0.39, 0.29) is 0 Å². The van der Waals surface area contributed by atoms with E-state index in [0.29, 0.717) is 0 Å². The Morgan fingerprint density at radius 2 is 1.12 bits per heavy atom. The highest BCUT2D eigenvalue weighted by Gasteiger charge is 2.85. The van der Waals surface area contributed by atoms with Crippen molar-refractivity contribution in [2.45, 2.75) is 40.5 Å². The van der Waals surface area contributed by atoms with Crippen molar-refractivity contribution in [3.63, 3.8) is 0 Å². The van der Waals surface area contributed by atoms with Gasteiger partial charge >= 0.3 is 44.1 Å². The third kappa shape index (κ3) is 4.31. The second-order valence-electron chi connectivity index (χ2n) is 4.39. The highest BCUT2D eigenvalue weighted by atomic mass is 79.9. The molecule has 0 aliphatic rings. The molecule has 0 aromatic carbocycles. The standard InChI is InChI=1S/C8H4BrF13O3S/c9-6(16,17)3(10,11)1-2-25-26(23,24)8(21,22)5(14,15)4(12,13)7(18,19)20/h1-2H2. The van der Waals surface area contributed by atoms with Crippen molar-refractivity contribution in [1.82, 2.24) is 0 Å². The first kappa shape index (κ1) is 25.5. The van der Waals surface area contributed by atoms with Crippen LogP contribution in [0.1, 0.15) is 6.42 Å². The largest absolute Gasteiger partial charge is 0.460 e. The molecule has 0 aliphatic heterocycles. The van der Waals surface area contributed by atoms with Gasteiger partial charge < -0.3 is 0 Å². The summed E-state index contributed by atoms with van der Waals surface area (Å²) in [5.41, 5.74) is 0. The first-order valence-electron chi connectivity index (χ1n) is 5.49. The molecule has 3 nitrogen and oxygen atoms in total. The van der Waals surface area contributed by atoms with Crippen molar-refractivity contribution in [2.24, 2.45) is 0 Å². The van der Waals surface area contributed by atoms with E-state index in [0.717, 1.165) is 15.9 Å². The van der Waals surface area contributed by atoms with Gasteiger partial charge in [-0.15, -0.1) is 0 Å². The van der Waals surface area contributed by atoms with E-state index in [9.17, 15) is 65.5 Å². The summed E-state index contributed by atoms with van der Waals surface area (Å²) >= 11 is 1.12. The average Bonchev–Trinajstić information content (AvgIpc) is 2.34. The normalized spacial score (nSPS) is 16.1. The van der Waals surface area contributed by atoms with Crippen molar-refractivity contribution in [1.29, 1.82) is 0 Å². The zero-order chi connectivity index (χ0) is 21.6. The third-order valence-electron chi connectivity index (χ3n) is 2.50. The van der Waals surface area contributed by atoms with Crippen molar-refractivity contribution in [3.8, 4) is 0 Å². The molecule has 0 heterocycles. The number of halogens is 14. The zero-order valence-electron chi connectivity index (χ0n) is 11.3. The van der Waals surface area contributed by atoms with Crippen LogP contribution in [-0.2, 0) is 14.3 Å². The maximum Gasteiger partial charge on any atom is 0.460 e. The Bertz CT molecular complexity index is 606. The first-order valence-corrected chi connectivity index (χ1v) is 7.69. The Labute approximate surface area is 143 Å². The summed E-state index contributed by atoms with van der Waals surface area (Å²) in [6, 6.07) is 0. The maximum absolute atomic E-state index is 13.1. The smallest absolute Gasteiger partial charge is 0.265 e. The predicted octanol–water partition coefficient (Wildman–Crippen LogP) is 4.77. The molecule has 0 atom stereocenters.